The van der Waals surface area contributed by atoms with Crippen molar-refractivity contribution in [3.63, 3.8) is 0 Å². The van der Waals surface area contributed by atoms with Crippen LogP contribution in [0.5, 0.6) is 0 Å². The maximum Gasteiger partial charge on any atom is 0.409 e. The van der Waals surface area contributed by atoms with Crippen LogP contribution >= 0.6 is 11.6 Å². The lowest BCUT2D eigenvalue weighted by atomic mass is 9.86. The summed E-state index contributed by atoms with van der Waals surface area (Å²) in [6.07, 6.45) is 3.23. The molecule has 0 spiro atoms. The van der Waals surface area contributed by atoms with Gasteiger partial charge in [0.2, 0.25) is 0 Å². The van der Waals surface area contributed by atoms with E-state index in [1.54, 1.807) is 9.80 Å². The number of carbonyl (C=O) groups is 2. The zero-order chi connectivity index (χ0) is 22.0. The Morgan fingerprint density at radius 2 is 1.97 bits per heavy atom. The molecular weight excluding hydrogens is 416 g/mol. The monoisotopic (exact) mass is 444 g/mol. The first kappa shape index (κ1) is 21.8. The van der Waals surface area contributed by atoms with E-state index in [-0.39, 0.29) is 12.0 Å². The summed E-state index contributed by atoms with van der Waals surface area (Å²) in [5.74, 6) is 0.394. The molecule has 0 radical (unpaired) electrons. The molecule has 1 aliphatic carbocycles. The molecule has 2 N–H and O–H groups in total. The van der Waals surface area contributed by atoms with Crippen LogP contribution in [0.25, 0.3) is 10.9 Å². The molecule has 31 heavy (non-hydrogen) atoms. The van der Waals surface area contributed by atoms with Gasteiger partial charge in [-0.25, -0.2) is 4.79 Å². The Hall–Kier alpha value is -2.38. The van der Waals surface area contributed by atoms with Crippen LogP contribution in [-0.2, 0) is 17.6 Å². The number of piperazine rings is 1. The van der Waals surface area contributed by atoms with Gasteiger partial charge in [0, 0.05) is 42.8 Å². The zero-order valence-electron chi connectivity index (χ0n) is 17.9. The summed E-state index contributed by atoms with van der Waals surface area (Å²) in [6.45, 7) is 4.95. The lowest BCUT2D eigenvalue weighted by Gasteiger charge is -2.34. The highest BCUT2D eigenvalue weighted by molar-refractivity contribution is 6.36. The van der Waals surface area contributed by atoms with Gasteiger partial charge in [0.25, 0.3) is 5.91 Å². The molecule has 2 aliphatic rings. The highest BCUT2D eigenvalue weighted by Gasteiger charge is 2.27. The Kier molecular flexibility index (Phi) is 6.62. The van der Waals surface area contributed by atoms with Gasteiger partial charge in [0.05, 0.1) is 17.1 Å². The Morgan fingerprint density at radius 3 is 2.68 bits per heavy atom. The Balaban J connectivity index is 1.49. The van der Waals surface area contributed by atoms with Crippen LogP contribution in [0.4, 0.5) is 4.79 Å². The number of benzene rings is 1. The van der Waals surface area contributed by atoms with Crippen LogP contribution in [0.15, 0.2) is 18.2 Å². The number of aryl methyl sites for hydroxylation is 1. The number of nitrogens with two attached hydrogens (primary N) is 1. The number of hydrogen-bond donors (Lipinski definition) is 1. The normalized spacial score (nSPS) is 18.7. The summed E-state index contributed by atoms with van der Waals surface area (Å²) in [4.78, 5) is 33.3. The number of nitrogens with zero attached hydrogens (tertiary/aromatic N) is 3. The molecule has 1 unspecified atom stereocenters. The highest BCUT2D eigenvalue weighted by atomic mass is 35.5. The molecule has 2 amide bonds. The summed E-state index contributed by atoms with van der Waals surface area (Å²) in [5, 5.41) is 1.61. The molecule has 7 nitrogen and oxygen atoms in total. The third-order valence-electron chi connectivity index (χ3n) is 6.22. The number of halogens is 1. The number of fused-ring (bicyclic) bond motifs is 2. The lowest BCUT2D eigenvalue weighted by Crippen LogP contribution is -2.50. The number of pyridine rings is 1. The van der Waals surface area contributed by atoms with Gasteiger partial charge in [-0.15, -0.1) is 0 Å². The highest BCUT2D eigenvalue weighted by Crippen LogP contribution is 2.35. The van der Waals surface area contributed by atoms with Gasteiger partial charge in [-0.1, -0.05) is 24.6 Å². The van der Waals surface area contributed by atoms with Gasteiger partial charge in [-0.05, 0) is 55.8 Å². The summed E-state index contributed by atoms with van der Waals surface area (Å²) in [5.41, 5.74) is 9.32. The van der Waals surface area contributed by atoms with E-state index >= 15 is 0 Å². The van der Waals surface area contributed by atoms with Crippen molar-refractivity contribution < 1.29 is 14.3 Å². The number of rotatable bonds is 4. The van der Waals surface area contributed by atoms with E-state index in [1.807, 2.05) is 25.1 Å². The number of carbonyl (C=O) groups excluding carboxylic acids is 2. The first-order chi connectivity index (χ1) is 15.0. The molecule has 1 aliphatic heterocycles. The molecule has 4 rings (SSSR count). The standard InChI is InChI=1S/C23H29ClN4O3/c1-2-11-31-23(30)28-9-7-27(8-10-28)22(29)16-4-5-17-20(13-16)26-19-6-3-15(14-25)12-18(19)21(17)24/h4-5,13,15H,2-3,6-12,14,25H2,1H3. The van der Waals surface area contributed by atoms with Crippen LogP contribution in [0.2, 0.25) is 5.02 Å². The predicted molar refractivity (Wildman–Crippen MR) is 120 cm³/mol. The summed E-state index contributed by atoms with van der Waals surface area (Å²) >= 11 is 6.72. The second-order valence-corrected chi connectivity index (χ2v) is 8.70. The SMILES string of the molecule is CCCOC(=O)N1CCN(C(=O)c2ccc3c(Cl)c4c(nc3c2)CCC(CN)C4)CC1. The minimum Gasteiger partial charge on any atom is -0.449 e. The van der Waals surface area contributed by atoms with Crippen molar-refractivity contribution in [3.05, 3.63) is 40.0 Å². The first-order valence-electron chi connectivity index (χ1n) is 11.0. The molecule has 2 aromatic rings. The van der Waals surface area contributed by atoms with Crippen LogP contribution in [0.1, 0.15) is 41.4 Å². The molecule has 1 aromatic carbocycles. The topological polar surface area (TPSA) is 88.8 Å². The van der Waals surface area contributed by atoms with Crippen molar-refractivity contribution in [1.82, 2.24) is 14.8 Å². The summed E-state index contributed by atoms with van der Waals surface area (Å²) < 4.78 is 5.19. The second-order valence-electron chi connectivity index (χ2n) is 8.32. The third-order valence-corrected chi connectivity index (χ3v) is 6.65. The Bertz CT molecular complexity index is 988. The molecule has 2 heterocycles. The zero-order valence-corrected chi connectivity index (χ0v) is 18.7. The number of hydrogen-bond acceptors (Lipinski definition) is 5. The Morgan fingerprint density at radius 1 is 1.23 bits per heavy atom. The Labute approximate surface area is 187 Å². The molecule has 166 valence electrons. The quantitative estimate of drug-likeness (QED) is 0.781. The summed E-state index contributed by atoms with van der Waals surface area (Å²) in [6, 6.07) is 5.54. The molecule has 1 atom stereocenters. The van der Waals surface area contributed by atoms with Gasteiger partial charge in [0.1, 0.15) is 0 Å². The molecular formula is C23H29ClN4O3. The third kappa shape index (κ3) is 4.48. The molecule has 0 bridgehead atoms. The smallest absolute Gasteiger partial charge is 0.409 e. The molecule has 1 aromatic heterocycles. The summed E-state index contributed by atoms with van der Waals surface area (Å²) in [7, 11) is 0. The van der Waals surface area contributed by atoms with Gasteiger partial charge in [-0.2, -0.15) is 0 Å². The maximum atomic E-state index is 13.1. The van der Waals surface area contributed by atoms with Crippen molar-refractivity contribution >= 4 is 34.5 Å². The lowest BCUT2D eigenvalue weighted by molar-refractivity contribution is 0.0560. The van der Waals surface area contributed by atoms with Crippen LogP contribution < -0.4 is 5.73 Å². The van der Waals surface area contributed by atoms with Gasteiger partial charge < -0.3 is 20.3 Å². The largest absolute Gasteiger partial charge is 0.449 e. The fourth-order valence-electron chi connectivity index (χ4n) is 4.35. The molecule has 1 fully saturated rings. The fourth-order valence-corrected chi connectivity index (χ4v) is 4.69. The number of ether oxygens (including phenoxy) is 1. The van der Waals surface area contributed by atoms with E-state index in [0.29, 0.717) is 50.8 Å². The minimum absolute atomic E-state index is 0.0534. The van der Waals surface area contributed by atoms with Crippen LogP contribution in [-0.4, -0.2) is 66.1 Å². The second kappa shape index (κ2) is 9.40. The predicted octanol–water partition coefficient (Wildman–Crippen LogP) is 3.26. The maximum absolute atomic E-state index is 13.1. The van der Waals surface area contributed by atoms with Gasteiger partial charge in [-0.3, -0.25) is 9.78 Å². The first-order valence-corrected chi connectivity index (χ1v) is 11.4. The van der Waals surface area contributed by atoms with Gasteiger partial charge >= 0.3 is 6.09 Å². The van der Waals surface area contributed by atoms with Crippen LogP contribution in [0, 0.1) is 5.92 Å². The van der Waals surface area contributed by atoms with Gasteiger partial charge in [0.15, 0.2) is 0 Å². The average Bonchev–Trinajstić information content (AvgIpc) is 2.81. The molecule has 0 saturated carbocycles. The van der Waals surface area contributed by atoms with Crippen molar-refractivity contribution in [3.8, 4) is 0 Å². The van der Waals surface area contributed by atoms with E-state index < -0.39 is 0 Å². The molecule has 8 heteroatoms. The van der Waals surface area contributed by atoms with E-state index in [1.165, 1.54) is 0 Å². The minimum atomic E-state index is -0.305. The number of aromatic nitrogens is 1. The van der Waals surface area contributed by atoms with E-state index in [0.717, 1.165) is 52.9 Å². The van der Waals surface area contributed by atoms with Crippen molar-refractivity contribution in [2.75, 3.05) is 39.3 Å². The van der Waals surface area contributed by atoms with Crippen molar-refractivity contribution in [2.45, 2.75) is 32.6 Å². The van der Waals surface area contributed by atoms with E-state index in [4.69, 9.17) is 27.1 Å². The van der Waals surface area contributed by atoms with Crippen molar-refractivity contribution in [2.24, 2.45) is 11.7 Å². The van der Waals surface area contributed by atoms with E-state index in [9.17, 15) is 9.59 Å². The van der Waals surface area contributed by atoms with Crippen molar-refractivity contribution in [1.29, 1.82) is 0 Å². The van der Waals surface area contributed by atoms with E-state index in [2.05, 4.69) is 0 Å². The fraction of sp³-hybridized carbons (Fsp3) is 0.522. The van der Waals surface area contributed by atoms with Crippen LogP contribution in [0.3, 0.4) is 0 Å². The number of amides is 2. The average molecular weight is 445 g/mol. The molecule has 1 saturated heterocycles.